The molecule has 3 aromatic rings. The van der Waals surface area contributed by atoms with Gasteiger partial charge in [-0.15, -0.1) is 11.3 Å². The second-order valence-electron chi connectivity index (χ2n) is 4.70. The topological polar surface area (TPSA) is 45.9 Å². The zero-order valence-corrected chi connectivity index (χ0v) is 14.1. The molecule has 0 bridgehead atoms. The van der Waals surface area contributed by atoms with Gasteiger partial charge in [0.1, 0.15) is 0 Å². The van der Waals surface area contributed by atoms with E-state index in [1.54, 1.807) is 10.8 Å². The number of nitrogens with one attached hydrogen (secondary N) is 1. The number of thiazole rings is 1. The van der Waals surface area contributed by atoms with Crippen LogP contribution in [0.25, 0.3) is 11.1 Å². The SMILES string of the molecule is N=c1sccn1CC(=O)c1ccc(-c2ccccc2)cc1.[Br-]. The van der Waals surface area contributed by atoms with Gasteiger partial charge in [0.05, 0.1) is 6.54 Å². The standard InChI is InChI=1S/C17H14N2OS.BrH/c18-17-19(10-11-21-17)12-16(20)15-8-6-14(7-9-15)13-4-2-1-3-5-13;/h1-11,18H,12H2;1H/p-1. The van der Waals surface area contributed by atoms with E-state index in [1.807, 2.05) is 60.0 Å². The summed E-state index contributed by atoms with van der Waals surface area (Å²) in [6, 6.07) is 17.7. The highest BCUT2D eigenvalue weighted by Crippen LogP contribution is 2.19. The number of nitrogens with zero attached hydrogens (tertiary/aromatic N) is 1. The number of Topliss-reactive ketones (excluding diaryl/α,β-unsaturated/α-hetero) is 1. The lowest BCUT2D eigenvalue weighted by molar-refractivity contribution is -0.0000123. The molecule has 5 heteroatoms. The zero-order valence-electron chi connectivity index (χ0n) is 11.7. The minimum atomic E-state index is 0. The van der Waals surface area contributed by atoms with Crippen LogP contribution in [0.4, 0.5) is 0 Å². The van der Waals surface area contributed by atoms with Gasteiger partial charge in [0, 0.05) is 17.1 Å². The van der Waals surface area contributed by atoms with Crippen LogP contribution in [0.3, 0.4) is 0 Å². The van der Waals surface area contributed by atoms with Crippen LogP contribution in [0.1, 0.15) is 10.4 Å². The predicted molar refractivity (Wildman–Crippen MR) is 84.4 cm³/mol. The van der Waals surface area contributed by atoms with Gasteiger partial charge in [-0.25, -0.2) is 0 Å². The van der Waals surface area contributed by atoms with Crippen molar-refractivity contribution in [3.63, 3.8) is 0 Å². The van der Waals surface area contributed by atoms with Gasteiger partial charge in [0.25, 0.3) is 0 Å². The summed E-state index contributed by atoms with van der Waals surface area (Å²) in [5, 5.41) is 9.50. The Bertz CT molecular complexity index is 806. The van der Waals surface area contributed by atoms with Gasteiger partial charge in [0.15, 0.2) is 10.6 Å². The Balaban J connectivity index is 0.00000176. The van der Waals surface area contributed by atoms with E-state index in [1.165, 1.54) is 11.3 Å². The molecule has 1 aromatic heterocycles. The molecule has 0 saturated carbocycles. The lowest BCUT2D eigenvalue weighted by Crippen LogP contribution is -3.00. The first-order valence-electron chi connectivity index (χ1n) is 6.61. The molecule has 0 saturated heterocycles. The first-order valence-corrected chi connectivity index (χ1v) is 7.49. The molecule has 0 amide bonds. The van der Waals surface area contributed by atoms with Crippen LogP contribution in [0.5, 0.6) is 0 Å². The third kappa shape index (κ3) is 3.61. The van der Waals surface area contributed by atoms with Crippen molar-refractivity contribution in [2.24, 2.45) is 0 Å². The minimum Gasteiger partial charge on any atom is -1.00 e. The number of hydrogen-bond acceptors (Lipinski definition) is 3. The normalized spacial score (nSPS) is 10.0. The molecule has 0 aliphatic rings. The van der Waals surface area contributed by atoms with Crippen molar-refractivity contribution < 1.29 is 21.8 Å². The molecule has 3 rings (SSSR count). The van der Waals surface area contributed by atoms with Crippen LogP contribution in [0, 0.1) is 5.41 Å². The van der Waals surface area contributed by atoms with Crippen LogP contribution >= 0.6 is 11.3 Å². The molecule has 1 heterocycles. The van der Waals surface area contributed by atoms with Crippen LogP contribution in [-0.4, -0.2) is 10.4 Å². The van der Waals surface area contributed by atoms with Crippen LogP contribution in [0.2, 0.25) is 0 Å². The number of aromatic nitrogens is 1. The fraction of sp³-hybridized carbons (Fsp3) is 0.0588. The summed E-state index contributed by atoms with van der Waals surface area (Å²) in [6.07, 6.45) is 1.77. The first kappa shape index (κ1) is 16.4. The largest absolute Gasteiger partial charge is 1.00 e. The molecule has 0 aliphatic heterocycles. The average molecular weight is 374 g/mol. The lowest BCUT2D eigenvalue weighted by atomic mass is 10.0. The number of halogens is 1. The maximum Gasteiger partial charge on any atom is 0.182 e. The summed E-state index contributed by atoms with van der Waals surface area (Å²) < 4.78 is 1.65. The van der Waals surface area contributed by atoms with Crippen molar-refractivity contribution in [1.29, 1.82) is 5.41 Å². The summed E-state index contributed by atoms with van der Waals surface area (Å²) >= 11 is 1.32. The van der Waals surface area contributed by atoms with Gasteiger partial charge in [-0.2, -0.15) is 0 Å². The molecule has 0 atom stereocenters. The number of benzene rings is 2. The molecule has 22 heavy (non-hydrogen) atoms. The number of carbonyl (C=O) groups excluding carboxylic acids is 1. The maximum absolute atomic E-state index is 12.2. The summed E-state index contributed by atoms with van der Waals surface area (Å²) in [5.74, 6) is 0.0199. The second kappa shape index (κ2) is 7.33. The summed E-state index contributed by atoms with van der Waals surface area (Å²) in [6.45, 7) is 0.215. The summed E-state index contributed by atoms with van der Waals surface area (Å²) in [5.41, 5.74) is 2.90. The number of hydrogen-bond donors (Lipinski definition) is 1. The number of rotatable bonds is 4. The quantitative estimate of drug-likeness (QED) is 0.668. The van der Waals surface area contributed by atoms with Crippen molar-refractivity contribution in [2.45, 2.75) is 6.54 Å². The van der Waals surface area contributed by atoms with E-state index in [9.17, 15) is 4.79 Å². The number of ketones is 1. The summed E-state index contributed by atoms with van der Waals surface area (Å²) in [4.78, 5) is 12.6. The predicted octanol–water partition coefficient (Wildman–Crippen LogP) is 0.583. The van der Waals surface area contributed by atoms with E-state index < -0.39 is 0 Å². The van der Waals surface area contributed by atoms with E-state index in [0.29, 0.717) is 10.4 Å². The highest BCUT2D eigenvalue weighted by Gasteiger charge is 2.07. The third-order valence-electron chi connectivity index (χ3n) is 3.31. The van der Waals surface area contributed by atoms with E-state index >= 15 is 0 Å². The monoisotopic (exact) mass is 373 g/mol. The molecular formula is C17H14BrN2OS-. The van der Waals surface area contributed by atoms with Crippen molar-refractivity contribution in [3.8, 4) is 11.1 Å². The molecular weight excluding hydrogens is 360 g/mol. The van der Waals surface area contributed by atoms with Gasteiger partial charge in [0.2, 0.25) is 0 Å². The molecule has 1 N–H and O–H groups in total. The molecule has 112 valence electrons. The van der Waals surface area contributed by atoms with Gasteiger partial charge in [-0.1, -0.05) is 54.6 Å². The number of carbonyl (C=O) groups is 1. The fourth-order valence-corrected chi connectivity index (χ4v) is 2.75. The van der Waals surface area contributed by atoms with E-state index in [-0.39, 0.29) is 29.3 Å². The molecule has 0 spiro atoms. The zero-order chi connectivity index (χ0) is 14.7. The van der Waals surface area contributed by atoms with E-state index in [4.69, 9.17) is 5.41 Å². The Morgan fingerprint density at radius 2 is 1.64 bits per heavy atom. The molecule has 2 aromatic carbocycles. The van der Waals surface area contributed by atoms with Gasteiger partial charge in [-0.05, 0) is 11.1 Å². The lowest BCUT2D eigenvalue weighted by Gasteiger charge is -2.05. The second-order valence-corrected chi connectivity index (χ2v) is 5.60. The van der Waals surface area contributed by atoms with Crippen LogP contribution in [0.15, 0.2) is 66.2 Å². The summed E-state index contributed by atoms with van der Waals surface area (Å²) in [7, 11) is 0. The Kier molecular flexibility index (Phi) is 5.46. The van der Waals surface area contributed by atoms with Crippen molar-refractivity contribution >= 4 is 17.1 Å². The highest BCUT2D eigenvalue weighted by atomic mass is 79.9. The fourth-order valence-electron chi connectivity index (χ4n) is 2.15. The first-order chi connectivity index (χ1) is 10.2. The van der Waals surface area contributed by atoms with E-state index in [0.717, 1.165) is 11.1 Å². The van der Waals surface area contributed by atoms with Crippen molar-refractivity contribution in [1.82, 2.24) is 4.57 Å². The minimum absolute atomic E-state index is 0. The maximum atomic E-state index is 12.2. The van der Waals surface area contributed by atoms with Crippen molar-refractivity contribution in [3.05, 3.63) is 76.5 Å². The molecule has 0 radical (unpaired) electrons. The van der Waals surface area contributed by atoms with Gasteiger partial charge >= 0.3 is 0 Å². The molecule has 0 aliphatic carbocycles. The molecule has 0 fully saturated rings. The van der Waals surface area contributed by atoms with E-state index in [2.05, 4.69) is 0 Å². The van der Waals surface area contributed by atoms with Crippen LogP contribution in [-0.2, 0) is 6.54 Å². The van der Waals surface area contributed by atoms with Crippen molar-refractivity contribution in [2.75, 3.05) is 0 Å². The Labute approximate surface area is 143 Å². The van der Waals surface area contributed by atoms with Gasteiger partial charge in [-0.3, -0.25) is 10.2 Å². The van der Waals surface area contributed by atoms with Crippen LogP contribution < -0.4 is 21.8 Å². The molecule has 3 nitrogen and oxygen atoms in total. The Hall–Kier alpha value is -1.98. The average Bonchev–Trinajstić information content (AvgIpc) is 2.93. The highest BCUT2D eigenvalue weighted by molar-refractivity contribution is 7.06. The molecule has 0 unspecified atom stereocenters. The Morgan fingerprint density at radius 1 is 1.00 bits per heavy atom. The van der Waals surface area contributed by atoms with Gasteiger partial charge < -0.3 is 21.5 Å². The third-order valence-corrected chi connectivity index (χ3v) is 4.02. The Morgan fingerprint density at radius 3 is 2.23 bits per heavy atom. The smallest absolute Gasteiger partial charge is 0.182 e.